The normalized spacial score (nSPS) is 17.2. The van der Waals surface area contributed by atoms with Crippen molar-refractivity contribution in [2.75, 3.05) is 18.0 Å². The number of nitrogens with zero attached hydrogens (tertiary/aromatic N) is 2. The lowest BCUT2D eigenvalue weighted by Gasteiger charge is -2.32. The molecule has 1 heterocycles. The Morgan fingerprint density at radius 1 is 1.13 bits per heavy atom. The van der Waals surface area contributed by atoms with E-state index < -0.39 is 17.0 Å². The Hall–Kier alpha value is -3.22. The van der Waals surface area contributed by atoms with Gasteiger partial charge in [0.05, 0.1) is 10.5 Å². The Bertz CT molecular complexity index is 1020. The van der Waals surface area contributed by atoms with E-state index in [0.29, 0.717) is 17.2 Å². The van der Waals surface area contributed by atoms with E-state index in [0.717, 1.165) is 37.1 Å². The van der Waals surface area contributed by atoms with Crippen molar-refractivity contribution >= 4 is 23.1 Å². The average Bonchev–Trinajstić information content (AvgIpc) is 2.74. The summed E-state index contributed by atoms with van der Waals surface area (Å²) in [5.41, 5.74) is 2.94. The van der Waals surface area contributed by atoms with Gasteiger partial charge in [0.2, 0.25) is 5.78 Å². The summed E-state index contributed by atoms with van der Waals surface area (Å²) in [6, 6.07) is 9.68. The third-order valence-corrected chi connectivity index (χ3v) is 5.85. The quantitative estimate of drug-likeness (QED) is 0.284. The highest BCUT2D eigenvalue weighted by molar-refractivity contribution is 6.01. The number of hydrogen-bond acceptors (Lipinski definition) is 6. The van der Waals surface area contributed by atoms with Gasteiger partial charge in [-0.05, 0) is 68.9 Å². The summed E-state index contributed by atoms with van der Waals surface area (Å²) < 4.78 is 5.34. The SMILES string of the molecule is Cc1ccc(C(=O)[C@H](C)OC(=O)c2ccc(N3CCC[C@H](C)C3)c([N+](=O)[O-])c2)cc1C. The van der Waals surface area contributed by atoms with E-state index in [9.17, 15) is 19.7 Å². The fourth-order valence-corrected chi connectivity index (χ4v) is 3.88. The van der Waals surface area contributed by atoms with E-state index in [4.69, 9.17) is 4.74 Å². The molecule has 2 aromatic rings. The van der Waals surface area contributed by atoms with Gasteiger partial charge in [0.25, 0.3) is 5.69 Å². The number of hydrogen-bond donors (Lipinski definition) is 0. The van der Waals surface area contributed by atoms with Crippen LogP contribution in [-0.4, -0.2) is 35.9 Å². The first-order chi connectivity index (χ1) is 14.7. The summed E-state index contributed by atoms with van der Waals surface area (Å²) in [7, 11) is 0. The van der Waals surface area contributed by atoms with Crippen molar-refractivity contribution in [3.63, 3.8) is 0 Å². The minimum atomic E-state index is -1.00. The van der Waals surface area contributed by atoms with Gasteiger partial charge < -0.3 is 9.64 Å². The molecule has 0 saturated carbocycles. The first-order valence-electron chi connectivity index (χ1n) is 10.5. The molecule has 0 aliphatic carbocycles. The molecular formula is C24H28N2O5. The number of benzene rings is 2. The van der Waals surface area contributed by atoms with Gasteiger partial charge in [-0.3, -0.25) is 14.9 Å². The fraction of sp³-hybridized carbons (Fsp3) is 0.417. The van der Waals surface area contributed by atoms with E-state index in [1.807, 2.05) is 24.8 Å². The number of esters is 1. The van der Waals surface area contributed by atoms with Crippen LogP contribution in [0.2, 0.25) is 0 Å². The standard InChI is InChI=1S/C24H28N2O5/c1-15-6-5-11-25(14-15)21-10-9-20(13-22(21)26(29)30)24(28)31-18(4)23(27)19-8-7-16(2)17(3)12-19/h7-10,12-13,15,18H,5-6,11,14H2,1-4H3/t15-,18-/m0/s1. The third kappa shape index (κ3) is 5.10. The molecule has 0 bridgehead atoms. The van der Waals surface area contributed by atoms with E-state index in [1.54, 1.807) is 18.2 Å². The Kier molecular flexibility index (Phi) is 6.73. The minimum Gasteiger partial charge on any atom is -0.451 e. The van der Waals surface area contributed by atoms with E-state index in [2.05, 4.69) is 6.92 Å². The number of anilines is 1. The zero-order valence-corrected chi connectivity index (χ0v) is 18.4. The molecule has 0 spiro atoms. The maximum atomic E-state index is 12.6. The van der Waals surface area contributed by atoms with Crippen LogP contribution in [-0.2, 0) is 4.74 Å². The molecule has 7 heteroatoms. The second-order valence-corrected chi connectivity index (χ2v) is 8.36. The van der Waals surface area contributed by atoms with E-state index >= 15 is 0 Å². The van der Waals surface area contributed by atoms with Crippen molar-refractivity contribution in [1.82, 2.24) is 0 Å². The van der Waals surface area contributed by atoms with Gasteiger partial charge in [-0.2, -0.15) is 0 Å². The van der Waals surface area contributed by atoms with Gasteiger partial charge in [0, 0.05) is 24.7 Å². The van der Waals surface area contributed by atoms with Crippen molar-refractivity contribution in [3.05, 3.63) is 68.8 Å². The molecule has 0 N–H and O–H groups in total. The van der Waals surface area contributed by atoms with Gasteiger partial charge in [0.1, 0.15) is 5.69 Å². The minimum absolute atomic E-state index is 0.0558. The Morgan fingerprint density at radius 2 is 1.84 bits per heavy atom. The van der Waals surface area contributed by atoms with Crippen LogP contribution in [0, 0.1) is 29.9 Å². The van der Waals surface area contributed by atoms with Crippen molar-refractivity contribution in [2.24, 2.45) is 5.92 Å². The average molecular weight is 424 g/mol. The van der Waals surface area contributed by atoms with Crippen LogP contribution in [0.3, 0.4) is 0 Å². The molecule has 31 heavy (non-hydrogen) atoms. The van der Waals surface area contributed by atoms with Gasteiger partial charge >= 0.3 is 5.97 Å². The second-order valence-electron chi connectivity index (χ2n) is 8.36. The molecule has 2 aromatic carbocycles. The van der Waals surface area contributed by atoms with Crippen molar-refractivity contribution in [2.45, 2.75) is 46.6 Å². The molecule has 0 amide bonds. The summed E-state index contributed by atoms with van der Waals surface area (Å²) in [6.07, 6.45) is 1.07. The molecule has 0 aromatic heterocycles. The summed E-state index contributed by atoms with van der Waals surface area (Å²) in [4.78, 5) is 38.4. The Balaban J connectivity index is 1.77. The zero-order valence-electron chi connectivity index (χ0n) is 18.4. The summed E-state index contributed by atoms with van der Waals surface area (Å²) in [5.74, 6) is -0.619. The predicted octanol–water partition coefficient (Wildman–Crippen LogP) is 4.88. The fourth-order valence-electron chi connectivity index (χ4n) is 3.88. The van der Waals surface area contributed by atoms with Crippen LogP contribution < -0.4 is 4.90 Å². The largest absolute Gasteiger partial charge is 0.451 e. The maximum Gasteiger partial charge on any atom is 0.339 e. The molecule has 0 radical (unpaired) electrons. The van der Waals surface area contributed by atoms with Gasteiger partial charge in [-0.25, -0.2) is 4.79 Å². The molecule has 0 unspecified atom stereocenters. The summed E-state index contributed by atoms with van der Waals surface area (Å²) in [5, 5.41) is 11.7. The smallest absolute Gasteiger partial charge is 0.339 e. The molecule has 1 aliphatic rings. The molecule has 1 saturated heterocycles. The summed E-state index contributed by atoms with van der Waals surface area (Å²) >= 11 is 0. The highest BCUT2D eigenvalue weighted by Gasteiger charge is 2.27. The molecule has 2 atom stereocenters. The molecule has 164 valence electrons. The number of nitro benzene ring substituents is 1. The number of ether oxygens (including phenoxy) is 1. The van der Waals surface area contributed by atoms with Gasteiger partial charge in [0.15, 0.2) is 6.10 Å². The first kappa shape index (κ1) is 22.5. The van der Waals surface area contributed by atoms with Gasteiger partial charge in [-0.1, -0.05) is 19.1 Å². The van der Waals surface area contributed by atoms with Crippen LogP contribution in [0.15, 0.2) is 36.4 Å². The Labute approximate surface area is 182 Å². The highest BCUT2D eigenvalue weighted by atomic mass is 16.6. The monoisotopic (exact) mass is 424 g/mol. The summed E-state index contributed by atoms with van der Waals surface area (Å²) in [6.45, 7) is 8.98. The van der Waals surface area contributed by atoms with Gasteiger partial charge in [-0.15, -0.1) is 0 Å². The van der Waals surface area contributed by atoms with Crippen LogP contribution in [0.1, 0.15) is 58.5 Å². The first-order valence-corrected chi connectivity index (χ1v) is 10.5. The second kappa shape index (κ2) is 9.29. The van der Waals surface area contributed by atoms with E-state index in [-0.39, 0.29) is 17.0 Å². The molecule has 7 nitrogen and oxygen atoms in total. The number of nitro groups is 1. The van der Waals surface area contributed by atoms with Crippen LogP contribution in [0.25, 0.3) is 0 Å². The number of aryl methyl sites for hydroxylation is 2. The number of carbonyl (C=O) groups is 2. The number of ketones is 1. The predicted molar refractivity (Wildman–Crippen MR) is 119 cm³/mol. The lowest BCUT2D eigenvalue weighted by molar-refractivity contribution is -0.384. The lowest BCUT2D eigenvalue weighted by atomic mass is 9.99. The van der Waals surface area contributed by atoms with Crippen LogP contribution in [0.5, 0.6) is 0 Å². The molecular weight excluding hydrogens is 396 g/mol. The van der Waals surface area contributed by atoms with Crippen molar-refractivity contribution in [1.29, 1.82) is 0 Å². The van der Waals surface area contributed by atoms with Crippen molar-refractivity contribution < 1.29 is 19.2 Å². The maximum absolute atomic E-state index is 12.6. The lowest BCUT2D eigenvalue weighted by Crippen LogP contribution is -2.34. The third-order valence-electron chi connectivity index (χ3n) is 5.85. The van der Waals surface area contributed by atoms with Crippen LogP contribution >= 0.6 is 0 Å². The number of piperidine rings is 1. The zero-order chi connectivity index (χ0) is 22.7. The Morgan fingerprint density at radius 3 is 2.48 bits per heavy atom. The molecule has 3 rings (SSSR count). The topological polar surface area (TPSA) is 89.8 Å². The number of rotatable bonds is 6. The van der Waals surface area contributed by atoms with Crippen molar-refractivity contribution in [3.8, 4) is 0 Å². The molecule has 1 aliphatic heterocycles. The van der Waals surface area contributed by atoms with E-state index in [1.165, 1.54) is 19.1 Å². The van der Waals surface area contributed by atoms with Crippen LogP contribution in [0.4, 0.5) is 11.4 Å². The highest BCUT2D eigenvalue weighted by Crippen LogP contribution is 2.32. The molecule has 1 fully saturated rings. The number of carbonyl (C=O) groups excluding carboxylic acids is 2. The number of Topliss-reactive ketones (excluding diaryl/α,β-unsaturated/α-hetero) is 1.